The molecule has 0 saturated carbocycles. The molecule has 0 radical (unpaired) electrons. The molecule has 0 bridgehead atoms. The summed E-state index contributed by atoms with van der Waals surface area (Å²) in [6, 6.07) is 0. The topological polar surface area (TPSA) is 71.0 Å². The highest BCUT2D eigenvalue weighted by atomic mass is 32.1. The molecule has 0 atom stereocenters. The first-order chi connectivity index (χ1) is 8.81. The number of carbonyl (C=O) groups is 1. The quantitative estimate of drug-likeness (QED) is 0.482. The van der Waals surface area contributed by atoms with Gasteiger partial charge in [-0.3, -0.25) is 4.79 Å². The number of rotatable bonds is 4. The number of ether oxygens (including phenoxy) is 2. The monoisotopic (exact) mass is 284 g/mol. The van der Waals surface area contributed by atoms with E-state index in [1.54, 1.807) is 38.5 Å². The van der Waals surface area contributed by atoms with Crippen molar-refractivity contribution in [2.75, 3.05) is 6.61 Å². The predicted molar refractivity (Wildman–Crippen MR) is 72.6 cm³/mol. The van der Waals surface area contributed by atoms with Crippen LogP contribution in [0.4, 0.5) is 5.69 Å². The highest BCUT2D eigenvalue weighted by molar-refractivity contribution is 7.08. The fraction of sp³-hybridized carbons (Fsp3) is 0.538. The van der Waals surface area contributed by atoms with Gasteiger partial charge in [-0.05, 0) is 17.9 Å². The van der Waals surface area contributed by atoms with Crippen molar-refractivity contribution in [2.24, 2.45) is 4.99 Å². The molecule has 6 heteroatoms. The van der Waals surface area contributed by atoms with Gasteiger partial charge in [-0.15, -0.1) is 11.3 Å². The lowest BCUT2D eigenvalue weighted by Gasteiger charge is -2.29. The van der Waals surface area contributed by atoms with Crippen molar-refractivity contribution < 1.29 is 19.4 Å². The number of nitrogens with zero attached hydrogens (tertiary/aromatic N) is 1. The van der Waals surface area contributed by atoms with Crippen molar-refractivity contribution in [1.29, 1.82) is 0 Å². The summed E-state index contributed by atoms with van der Waals surface area (Å²) in [4.78, 5) is 15.3. The van der Waals surface area contributed by atoms with E-state index in [0.717, 1.165) is 0 Å². The maximum atomic E-state index is 11.6. The third kappa shape index (κ3) is 5.74. The second-order valence-corrected chi connectivity index (χ2v) is 5.60. The van der Waals surface area contributed by atoms with Gasteiger partial charge in [0, 0.05) is 11.0 Å². The highest BCUT2D eigenvalue weighted by Crippen LogP contribution is 2.25. The van der Waals surface area contributed by atoms with E-state index < -0.39 is 11.7 Å². The van der Waals surface area contributed by atoms with Gasteiger partial charge >= 0.3 is 5.97 Å². The average molecular weight is 284 g/mol. The molecule has 1 aromatic heterocycles. The Labute approximate surface area is 116 Å². The summed E-state index contributed by atoms with van der Waals surface area (Å²) in [6.07, 6.45) is -0.546. The van der Waals surface area contributed by atoms with E-state index >= 15 is 0 Å². The van der Waals surface area contributed by atoms with Crippen molar-refractivity contribution in [3.63, 3.8) is 0 Å². The standard InChI is InChI=1S/C13H19NO4S/c1-5-17-11(15)6-9-7-19-8-10(9)14-12(16)18-13(2,3)4/h7-8H,5-6H2,1-4H3,(H,14,16)/p-1. The lowest BCUT2D eigenvalue weighted by atomic mass is 10.2. The second kappa shape index (κ2) is 6.56. The van der Waals surface area contributed by atoms with Crippen LogP contribution < -0.4 is 5.11 Å². The molecule has 0 spiro atoms. The summed E-state index contributed by atoms with van der Waals surface area (Å²) in [5, 5.41) is 15.1. The molecule has 0 N–H and O–H groups in total. The first-order valence-electron chi connectivity index (χ1n) is 5.97. The Morgan fingerprint density at radius 1 is 1.42 bits per heavy atom. The Morgan fingerprint density at radius 2 is 2.11 bits per heavy atom. The highest BCUT2D eigenvalue weighted by Gasteiger charge is 2.10. The van der Waals surface area contributed by atoms with Gasteiger partial charge in [0.25, 0.3) is 0 Å². The van der Waals surface area contributed by atoms with Crippen molar-refractivity contribution in [1.82, 2.24) is 0 Å². The summed E-state index contributed by atoms with van der Waals surface area (Å²) in [5.41, 5.74) is 0.555. The van der Waals surface area contributed by atoms with Crippen molar-refractivity contribution in [3.05, 3.63) is 16.3 Å². The van der Waals surface area contributed by atoms with Crippen LogP contribution in [0.1, 0.15) is 33.3 Å². The van der Waals surface area contributed by atoms with Gasteiger partial charge in [-0.2, -0.15) is 0 Å². The molecule has 5 nitrogen and oxygen atoms in total. The van der Waals surface area contributed by atoms with Crippen LogP contribution in [0.3, 0.4) is 0 Å². The van der Waals surface area contributed by atoms with Crippen LogP contribution in [0.25, 0.3) is 0 Å². The van der Waals surface area contributed by atoms with E-state index in [1.807, 2.05) is 0 Å². The number of esters is 1. The van der Waals surface area contributed by atoms with E-state index in [9.17, 15) is 9.90 Å². The van der Waals surface area contributed by atoms with E-state index in [1.165, 1.54) is 11.3 Å². The van der Waals surface area contributed by atoms with Crippen LogP contribution in [0.15, 0.2) is 15.8 Å². The molecular weight excluding hydrogens is 266 g/mol. The molecule has 0 aliphatic rings. The van der Waals surface area contributed by atoms with Gasteiger partial charge in [0.05, 0.1) is 18.7 Å². The second-order valence-electron chi connectivity index (χ2n) is 4.86. The number of aliphatic imine (C=N–C) groups is 1. The molecule has 1 aromatic rings. The van der Waals surface area contributed by atoms with Gasteiger partial charge in [-0.25, -0.2) is 4.99 Å². The minimum Gasteiger partial charge on any atom is -0.594 e. The van der Waals surface area contributed by atoms with Gasteiger partial charge in [-0.1, -0.05) is 20.8 Å². The third-order valence-electron chi connectivity index (χ3n) is 1.96. The number of hydrogen-bond donors (Lipinski definition) is 0. The minimum atomic E-state index is -0.656. The van der Waals surface area contributed by atoms with Crippen molar-refractivity contribution in [3.8, 4) is 0 Å². The fourth-order valence-electron chi connectivity index (χ4n) is 1.30. The molecule has 1 rings (SSSR count). The smallest absolute Gasteiger partial charge is 0.310 e. The molecule has 0 fully saturated rings. The van der Waals surface area contributed by atoms with Crippen LogP contribution in [-0.2, 0) is 20.7 Å². The van der Waals surface area contributed by atoms with Gasteiger partial charge in [0.15, 0.2) is 6.08 Å². The summed E-state index contributed by atoms with van der Waals surface area (Å²) in [6.45, 7) is 7.40. The zero-order valence-corrected chi connectivity index (χ0v) is 12.4. The SMILES string of the molecule is CCOC(=O)Cc1cscc1N=C([O-])OC(C)(C)C. The van der Waals surface area contributed by atoms with Crippen LogP contribution in [0.2, 0.25) is 0 Å². The van der Waals surface area contributed by atoms with E-state index in [4.69, 9.17) is 9.47 Å². The van der Waals surface area contributed by atoms with Gasteiger partial charge in [0.1, 0.15) is 0 Å². The normalized spacial score (nSPS) is 12.3. The van der Waals surface area contributed by atoms with Crippen LogP contribution in [0, 0.1) is 0 Å². The third-order valence-corrected chi connectivity index (χ3v) is 2.74. The van der Waals surface area contributed by atoms with E-state index in [2.05, 4.69) is 4.99 Å². The lowest BCUT2D eigenvalue weighted by Crippen LogP contribution is -2.31. The van der Waals surface area contributed by atoms with E-state index in [-0.39, 0.29) is 12.4 Å². The zero-order valence-electron chi connectivity index (χ0n) is 11.6. The molecule has 0 aromatic carbocycles. The Bertz CT molecular complexity index is 459. The summed E-state index contributed by atoms with van der Waals surface area (Å²) >= 11 is 1.38. The Hall–Kier alpha value is -1.56. The van der Waals surface area contributed by atoms with Crippen LogP contribution in [-0.4, -0.2) is 24.3 Å². The summed E-state index contributed by atoms with van der Waals surface area (Å²) < 4.78 is 9.96. The molecular formula is C13H18NO4S-. The zero-order chi connectivity index (χ0) is 14.5. The molecule has 0 aliphatic carbocycles. The molecule has 0 aliphatic heterocycles. The molecule has 0 amide bonds. The van der Waals surface area contributed by atoms with Crippen molar-refractivity contribution in [2.45, 2.75) is 39.7 Å². The minimum absolute atomic E-state index is 0.110. The lowest BCUT2D eigenvalue weighted by molar-refractivity contribution is -0.259. The molecule has 1 heterocycles. The fourth-order valence-corrected chi connectivity index (χ4v) is 2.07. The van der Waals surface area contributed by atoms with E-state index in [0.29, 0.717) is 17.9 Å². The molecule has 0 saturated heterocycles. The first-order valence-corrected chi connectivity index (χ1v) is 6.91. The number of carbonyl (C=O) groups excluding carboxylic acids is 1. The first kappa shape index (κ1) is 15.5. The maximum absolute atomic E-state index is 11.6. The molecule has 19 heavy (non-hydrogen) atoms. The average Bonchev–Trinajstić information content (AvgIpc) is 2.62. The molecule has 0 unspecified atom stereocenters. The molecule has 106 valence electrons. The largest absolute Gasteiger partial charge is 0.594 e. The maximum Gasteiger partial charge on any atom is 0.310 e. The van der Waals surface area contributed by atoms with Gasteiger partial charge < -0.3 is 14.6 Å². The van der Waals surface area contributed by atoms with Crippen LogP contribution >= 0.6 is 11.3 Å². The van der Waals surface area contributed by atoms with Crippen LogP contribution in [0.5, 0.6) is 0 Å². The van der Waals surface area contributed by atoms with Gasteiger partial charge in [0.2, 0.25) is 0 Å². The Kier molecular flexibility index (Phi) is 5.35. The Balaban J connectivity index is 2.77. The summed E-state index contributed by atoms with van der Waals surface area (Å²) in [5.74, 6) is -0.332. The predicted octanol–water partition coefficient (Wildman–Crippen LogP) is 2.02. The van der Waals surface area contributed by atoms with Crippen molar-refractivity contribution >= 4 is 29.1 Å². The Morgan fingerprint density at radius 3 is 2.68 bits per heavy atom. The number of hydrogen-bond acceptors (Lipinski definition) is 6. The summed E-state index contributed by atoms with van der Waals surface area (Å²) in [7, 11) is 0. The number of thiophene rings is 1.